The third-order valence-electron chi connectivity index (χ3n) is 5.36. The van der Waals surface area contributed by atoms with E-state index in [0.717, 1.165) is 12.0 Å². The second-order valence-corrected chi connectivity index (χ2v) is 7.50. The summed E-state index contributed by atoms with van der Waals surface area (Å²) < 4.78 is 0. The average molecular weight is 270 g/mol. The lowest BCUT2D eigenvalue weighted by Gasteiger charge is -2.43. The van der Waals surface area contributed by atoms with Crippen molar-refractivity contribution in [1.29, 1.82) is 0 Å². The molecule has 2 aliphatic rings. The minimum atomic E-state index is 0.384. The van der Waals surface area contributed by atoms with Crippen molar-refractivity contribution in [2.45, 2.75) is 59.3 Å². The van der Waals surface area contributed by atoms with E-state index < -0.39 is 0 Å². The van der Waals surface area contributed by atoms with Crippen LogP contribution in [0.15, 0.2) is 18.2 Å². The molecule has 20 heavy (non-hydrogen) atoms. The molecule has 1 atom stereocenters. The first-order chi connectivity index (χ1) is 9.40. The Kier molecular flexibility index (Phi) is 3.19. The smallest absolute Gasteiger partial charge is 0.119 e. The van der Waals surface area contributed by atoms with Crippen LogP contribution in [0.2, 0.25) is 0 Å². The zero-order valence-electron chi connectivity index (χ0n) is 13.2. The Hall–Kier alpha value is -1.24. The molecule has 0 amide bonds. The molecular formula is C19H26O. The van der Waals surface area contributed by atoms with Gasteiger partial charge in [-0.25, -0.2) is 0 Å². The van der Waals surface area contributed by atoms with Crippen LogP contribution in [-0.2, 0) is 6.42 Å². The summed E-state index contributed by atoms with van der Waals surface area (Å²) in [4.78, 5) is 0. The van der Waals surface area contributed by atoms with E-state index in [9.17, 15) is 5.11 Å². The van der Waals surface area contributed by atoms with Gasteiger partial charge < -0.3 is 5.11 Å². The molecule has 1 aromatic carbocycles. The number of hydrogen-bond acceptors (Lipinski definition) is 1. The fourth-order valence-electron chi connectivity index (χ4n) is 4.07. The zero-order chi connectivity index (χ0) is 14.5. The highest BCUT2D eigenvalue weighted by molar-refractivity contribution is 5.74. The number of hydrogen-bond donors (Lipinski definition) is 1. The summed E-state index contributed by atoms with van der Waals surface area (Å²) in [6, 6.07) is 4.28. The second-order valence-electron chi connectivity index (χ2n) is 7.50. The van der Waals surface area contributed by atoms with Crippen LogP contribution in [0.1, 0.15) is 69.6 Å². The fraction of sp³-hybridized carbons (Fsp3) is 0.579. The zero-order valence-corrected chi connectivity index (χ0v) is 13.2. The number of phenols is 1. The van der Waals surface area contributed by atoms with Crippen molar-refractivity contribution in [3.8, 4) is 5.75 Å². The highest BCUT2D eigenvalue weighted by Crippen LogP contribution is 2.51. The summed E-state index contributed by atoms with van der Waals surface area (Å²) in [5.74, 6) is 1.52. The molecule has 3 rings (SSSR count). The Labute approximate surface area is 122 Å². The number of phenolic OH excluding ortho intramolecular Hbond substituents is 1. The van der Waals surface area contributed by atoms with Crippen LogP contribution in [0.5, 0.6) is 5.75 Å². The Morgan fingerprint density at radius 3 is 2.70 bits per heavy atom. The number of aromatic hydroxyl groups is 1. The number of rotatable bonds is 1. The second kappa shape index (κ2) is 4.65. The van der Waals surface area contributed by atoms with Gasteiger partial charge >= 0.3 is 0 Å². The summed E-state index contributed by atoms with van der Waals surface area (Å²) in [6.07, 6.45) is 7.29. The van der Waals surface area contributed by atoms with E-state index in [4.69, 9.17) is 0 Å². The minimum Gasteiger partial charge on any atom is -0.508 e. The van der Waals surface area contributed by atoms with Gasteiger partial charge in [0.05, 0.1) is 0 Å². The molecule has 0 saturated heterocycles. The van der Waals surface area contributed by atoms with Gasteiger partial charge in [-0.15, -0.1) is 0 Å². The van der Waals surface area contributed by atoms with Crippen LogP contribution in [0, 0.1) is 11.3 Å². The lowest BCUT2D eigenvalue weighted by molar-refractivity contribution is 0.223. The Morgan fingerprint density at radius 2 is 2.00 bits per heavy atom. The topological polar surface area (TPSA) is 20.2 Å². The van der Waals surface area contributed by atoms with Crippen molar-refractivity contribution >= 4 is 5.57 Å². The predicted octanol–water partition coefficient (Wildman–Crippen LogP) is 5.28. The van der Waals surface area contributed by atoms with E-state index in [-0.39, 0.29) is 0 Å². The summed E-state index contributed by atoms with van der Waals surface area (Å²) in [5, 5.41) is 10.3. The molecule has 0 spiro atoms. The van der Waals surface area contributed by atoms with Gasteiger partial charge in [0.2, 0.25) is 0 Å². The third-order valence-corrected chi connectivity index (χ3v) is 5.36. The molecule has 1 heteroatoms. The van der Waals surface area contributed by atoms with Gasteiger partial charge in [0.1, 0.15) is 5.75 Å². The van der Waals surface area contributed by atoms with Crippen molar-refractivity contribution in [1.82, 2.24) is 0 Å². The maximum absolute atomic E-state index is 10.3. The van der Waals surface area contributed by atoms with E-state index >= 15 is 0 Å². The van der Waals surface area contributed by atoms with Crippen LogP contribution in [0.3, 0.4) is 0 Å². The largest absolute Gasteiger partial charge is 0.508 e. The molecule has 0 aromatic heterocycles. The molecule has 1 N–H and O–H groups in total. The van der Waals surface area contributed by atoms with Gasteiger partial charge in [-0.05, 0) is 71.3 Å². The number of aryl methyl sites for hydroxylation is 1. The molecule has 0 radical (unpaired) electrons. The van der Waals surface area contributed by atoms with Crippen molar-refractivity contribution in [2.75, 3.05) is 0 Å². The molecule has 1 unspecified atom stereocenters. The Morgan fingerprint density at radius 1 is 1.25 bits per heavy atom. The van der Waals surface area contributed by atoms with Crippen molar-refractivity contribution in [3.05, 3.63) is 34.9 Å². The molecule has 0 aliphatic heterocycles. The molecule has 2 aliphatic carbocycles. The Balaban J connectivity index is 2.10. The van der Waals surface area contributed by atoms with Crippen LogP contribution in [0.4, 0.5) is 0 Å². The quantitative estimate of drug-likeness (QED) is 0.736. The van der Waals surface area contributed by atoms with E-state index in [1.807, 2.05) is 6.07 Å². The molecule has 0 saturated carbocycles. The maximum Gasteiger partial charge on any atom is 0.119 e. The summed E-state index contributed by atoms with van der Waals surface area (Å²) >= 11 is 0. The van der Waals surface area contributed by atoms with Crippen LogP contribution >= 0.6 is 0 Å². The molecule has 0 bridgehead atoms. The van der Waals surface area contributed by atoms with E-state index in [2.05, 4.69) is 39.8 Å². The molecule has 108 valence electrons. The number of benzene rings is 1. The van der Waals surface area contributed by atoms with Gasteiger partial charge in [0.15, 0.2) is 0 Å². The van der Waals surface area contributed by atoms with Gasteiger partial charge in [0, 0.05) is 0 Å². The van der Waals surface area contributed by atoms with Gasteiger partial charge in [-0.1, -0.05) is 39.8 Å². The van der Waals surface area contributed by atoms with Crippen LogP contribution < -0.4 is 0 Å². The standard InChI is InChI=1S/C19H26O/c1-12(2)15-10-13-7-8-17-14(16(13)11-18(15)20)6-5-9-19(17,3)4/h6,10-12,17,20H,5,7-9H2,1-4H3. The molecular weight excluding hydrogens is 244 g/mol. The lowest BCUT2D eigenvalue weighted by atomic mass is 9.62. The maximum atomic E-state index is 10.3. The van der Waals surface area contributed by atoms with Crippen molar-refractivity contribution in [3.63, 3.8) is 0 Å². The molecule has 1 nitrogen and oxygen atoms in total. The van der Waals surface area contributed by atoms with Gasteiger partial charge in [-0.3, -0.25) is 0 Å². The highest BCUT2D eigenvalue weighted by Gasteiger charge is 2.38. The van der Waals surface area contributed by atoms with Gasteiger partial charge in [-0.2, -0.15) is 0 Å². The lowest BCUT2D eigenvalue weighted by Crippen LogP contribution is -2.31. The molecule has 0 fully saturated rings. The summed E-state index contributed by atoms with van der Waals surface area (Å²) in [5.41, 5.74) is 5.74. The molecule has 1 aromatic rings. The SMILES string of the molecule is CC(C)c1cc2c(cc1O)C1=CCCC(C)(C)C1CC2. The van der Waals surface area contributed by atoms with Crippen LogP contribution in [-0.4, -0.2) is 5.11 Å². The average Bonchev–Trinajstić information content (AvgIpc) is 2.37. The van der Waals surface area contributed by atoms with Crippen molar-refractivity contribution in [2.24, 2.45) is 11.3 Å². The first-order valence-corrected chi connectivity index (χ1v) is 7.96. The normalized spacial score (nSPS) is 24.1. The van der Waals surface area contributed by atoms with Crippen LogP contribution in [0.25, 0.3) is 5.57 Å². The predicted molar refractivity (Wildman–Crippen MR) is 85.0 cm³/mol. The fourth-order valence-corrected chi connectivity index (χ4v) is 4.07. The molecule has 0 heterocycles. The third kappa shape index (κ3) is 2.08. The number of allylic oxidation sites excluding steroid dienone is 2. The summed E-state index contributed by atoms with van der Waals surface area (Å²) in [7, 11) is 0. The first-order valence-electron chi connectivity index (χ1n) is 7.96. The number of fused-ring (bicyclic) bond motifs is 3. The van der Waals surface area contributed by atoms with E-state index in [1.165, 1.54) is 36.0 Å². The Bertz CT molecular complexity index is 563. The van der Waals surface area contributed by atoms with E-state index in [0.29, 0.717) is 23.0 Å². The highest BCUT2D eigenvalue weighted by atomic mass is 16.3. The summed E-state index contributed by atoms with van der Waals surface area (Å²) in [6.45, 7) is 9.10. The van der Waals surface area contributed by atoms with Crippen molar-refractivity contribution < 1.29 is 5.11 Å². The minimum absolute atomic E-state index is 0.384. The van der Waals surface area contributed by atoms with Gasteiger partial charge in [0.25, 0.3) is 0 Å². The van der Waals surface area contributed by atoms with E-state index in [1.54, 1.807) is 0 Å². The monoisotopic (exact) mass is 270 g/mol. The first kappa shape index (κ1) is 13.7.